The number of aryl methyl sites for hydroxylation is 1. The molecule has 1 aromatic rings. The van der Waals surface area contributed by atoms with Crippen LogP contribution < -0.4 is 10.6 Å². The monoisotopic (exact) mass is 459 g/mol. The third-order valence-corrected chi connectivity index (χ3v) is 5.46. The Morgan fingerprint density at radius 3 is 2.03 bits per heavy atom. The number of hydrogen-bond acceptors (Lipinski definition) is 4. The summed E-state index contributed by atoms with van der Waals surface area (Å²) >= 11 is 0. The molecule has 0 bridgehead atoms. The lowest BCUT2D eigenvalue weighted by atomic mass is 9.97. The number of benzene rings is 1. The van der Waals surface area contributed by atoms with Gasteiger partial charge in [0.2, 0.25) is 11.8 Å². The van der Waals surface area contributed by atoms with Crippen molar-refractivity contribution in [3.05, 3.63) is 35.4 Å². The summed E-state index contributed by atoms with van der Waals surface area (Å²) in [6.07, 6.45) is 1.92. The van der Waals surface area contributed by atoms with E-state index in [4.69, 9.17) is 4.74 Å². The number of hydrogen-bond donors (Lipinski definition) is 2. The summed E-state index contributed by atoms with van der Waals surface area (Å²) in [5.41, 5.74) is 1.26. The molecule has 1 saturated carbocycles. The van der Waals surface area contributed by atoms with E-state index in [1.165, 1.54) is 0 Å². The maximum absolute atomic E-state index is 13.9. The predicted molar refractivity (Wildman–Crippen MR) is 130 cm³/mol. The highest BCUT2D eigenvalue weighted by molar-refractivity contribution is 5.92. The van der Waals surface area contributed by atoms with Gasteiger partial charge in [-0.1, -0.05) is 45.0 Å². The molecule has 184 valence electrons. The molecule has 0 heterocycles. The Labute approximate surface area is 198 Å². The van der Waals surface area contributed by atoms with Gasteiger partial charge in [-0.3, -0.25) is 9.59 Å². The molecule has 2 N–H and O–H groups in total. The Morgan fingerprint density at radius 1 is 1.03 bits per heavy atom. The first-order chi connectivity index (χ1) is 15.3. The number of carbonyl (C=O) groups is 3. The lowest BCUT2D eigenvalue weighted by Crippen LogP contribution is -2.55. The molecule has 0 spiro atoms. The van der Waals surface area contributed by atoms with Crippen LogP contribution in [0.4, 0.5) is 4.79 Å². The molecular weight excluding hydrogens is 418 g/mol. The van der Waals surface area contributed by atoms with Crippen molar-refractivity contribution in [3.63, 3.8) is 0 Å². The highest BCUT2D eigenvalue weighted by atomic mass is 16.6. The number of nitrogens with zero attached hydrogens (tertiary/aromatic N) is 1. The summed E-state index contributed by atoms with van der Waals surface area (Å²) in [6.45, 7) is 15.0. The quantitative estimate of drug-likeness (QED) is 0.574. The van der Waals surface area contributed by atoms with Crippen LogP contribution in [0.5, 0.6) is 0 Å². The molecule has 7 heteroatoms. The molecule has 33 heavy (non-hydrogen) atoms. The largest absolute Gasteiger partial charge is 0.444 e. The fraction of sp³-hybridized carbons (Fsp3) is 0.654. The number of nitrogens with one attached hydrogen (secondary N) is 2. The summed E-state index contributed by atoms with van der Waals surface area (Å²) in [4.78, 5) is 41.4. The van der Waals surface area contributed by atoms with Crippen LogP contribution in [0.1, 0.15) is 85.4 Å². The van der Waals surface area contributed by atoms with Crippen LogP contribution in [0.3, 0.4) is 0 Å². The van der Waals surface area contributed by atoms with Crippen molar-refractivity contribution < 1.29 is 19.1 Å². The highest BCUT2D eigenvalue weighted by Crippen LogP contribution is 2.36. The lowest BCUT2D eigenvalue weighted by molar-refractivity contribution is -0.144. The highest BCUT2D eigenvalue weighted by Gasteiger charge is 2.44. The van der Waals surface area contributed by atoms with Crippen LogP contribution in [0.15, 0.2) is 24.3 Å². The summed E-state index contributed by atoms with van der Waals surface area (Å²) < 4.78 is 5.40. The van der Waals surface area contributed by atoms with E-state index < -0.39 is 23.8 Å². The van der Waals surface area contributed by atoms with E-state index >= 15 is 0 Å². The van der Waals surface area contributed by atoms with Gasteiger partial charge in [0, 0.05) is 12.1 Å². The van der Waals surface area contributed by atoms with Crippen molar-refractivity contribution in [3.8, 4) is 0 Å². The summed E-state index contributed by atoms with van der Waals surface area (Å²) in [6, 6.07) is 6.19. The smallest absolute Gasteiger partial charge is 0.408 e. The third-order valence-electron chi connectivity index (χ3n) is 5.46. The van der Waals surface area contributed by atoms with E-state index in [1.807, 2.05) is 52.0 Å². The van der Waals surface area contributed by atoms with Crippen molar-refractivity contribution in [1.82, 2.24) is 15.5 Å². The second-order valence-corrected chi connectivity index (χ2v) is 10.5. The van der Waals surface area contributed by atoms with Crippen molar-refractivity contribution in [2.24, 2.45) is 5.92 Å². The van der Waals surface area contributed by atoms with Crippen LogP contribution in [-0.4, -0.2) is 46.5 Å². The number of ether oxygens (including phenoxy) is 1. The molecule has 7 nitrogen and oxygen atoms in total. The van der Waals surface area contributed by atoms with Crippen molar-refractivity contribution in [1.29, 1.82) is 0 Å². The fourth-order valence-corrected chi connectivity index (χ4v) is 3.72. The molecule has 0 radical (unpaired) electrons. The van der Waals surface area contributed by atoms with Gasteiger partial charge in [-0.2, -0.15) is 0 Å². The van der Waals surface area contributed by atoms with Crippen LogP contribution >= 0.6 is 0 Å². The second kappa shape index (κ2) is 11.0. The summed E-state index contributed by atoms with van der Waals surface area (Å²) in [7, 11) is 0. The first-order valence-electron chi connectivity index (χ1n) is 12.0. The lowest BCUT2D eigenvalue weighted by Gasteiger charge is -2.36. The first-order valence-corrected chi connectivity index (χ1v) is 12.0. The van der Waals surface area contributed by atoms with Crippen molar-refractivity contribution in [2.45, 2.75) is 104 Å². The first kappa shape index (κ1) is 26.7. The van der Waals surface area contributed by atoms with E-state index in [9.17, 15) is 14.4 Å². The Hall–Kier alpha value is -2.57. The predicted octanol–water partition coefficient (Wildman–Crippen LogP) is 4.36. The van der Waals surface area contributed by atoms with Crippen molar-refractivity contribution in [2.75, 3.05) is 0 Å². The van der Waals surface area contributed by atoms with Crippen molar-refractivity contribution >= 4 is 17.9 Å². The number of alkyl carbamates (subject to hydrolysis) is 1. The number of carbonyl (C=O) groups excluding carboxylic acids is 3. The Kier molecular flexibility index (Phi) is 8.92. The fourth-order valence-electron chi connectivity index (χ4n) is 3.72. The molecular formula is C26H41N3O4. The van der Waals surface area contributed by atoms with Crippen LogP contribution in [0.2, 0.25) is 0 Å². The van der Waals surface area contributed by atoms with E-state index in [2.05, 4.69) is 17.6 Å². The van der Waals surface area contributed by atoms with E-state index in [1.54, 1.807) is 25.7 Å². The maximum Gasteiger partial charge on any atom is 0.408 e. The topological polar surface area (TPSA) is 87.7 Å². The van der Waals surface area contributed by atoms with Crippen LogP contribution in [0, 0.1) is 5.92 Å². The average Bonchev–Trinajstić information content (AvgIpc) is 3.52. The van der Waals surface area contributed by atoms with Gasteiger partial charge in [-0.25, -0.2) is 4.79 Å². The van der Waals surface area contributed by atoms with Gasteiger partial charge in [-0.15, -0.1) is 0 Å². The molecule has 1 aliphatic rings. The normalized spacial score (nSPS) is 15.7. The molecule has 1 aromatic carbocycles. The summed E-state index contributed by atoms with van der Waals surface area (Å²) in [5, 5.41) is 5.74. The summed E-state index contributed by atoms with van der Waals surface area (Å²) in [5.74, 6) is -0.654. The molecule has 1 fully saturated rings. The number of rotatable bonds is 9. The van der Waals surface area contributed by atoms with Gasteiger partial charge in [0.15, 0.2) is 0 Å². The van der Waals surface area contributed by atoms with Gasteiger partial charge in [0.1, 0.15) is 17.7 Å². The zero-order chi connectivity index (χ0) is 24.9. The van der Waals surface area contributed by atoms with E-state index in [0.29, 0.717) is 0 Å². The van der Waals surface area contributed by atoms with Crippen LogP contribution in [0.25, 0.3) is 0 Å². The average molecular weight is 460 g/mol. The van der Waals surface area contributed by atoms with Gasteiger partial charge in [0.25, 0.3) is 0 Å². The Bertz CT molecular complexity index is 823. The van der Waals surface area contributed by atoms with Gasteiger partial charge in [0.05, 0.1) is 0 Å². The van der Waals surface area contributed by atoms with Gasteiger partial charge in [-0.05, 0) is 70.9 Å². The Morgan fingerprint density at radius 2 is 1.61 bits per heavy atom. The molecule has 2 atom stereocenters. The van der Waals surface area contributed by atoms with E-state index in [0.717, 1.165) is 30.4 Å². The third kappa shape index (κ3) is 7.76. The molecule has 2 rings (SSSR count). The van der Waals surface area contributed by atoms with Crippen LogP contribution in [-0.2, 0) is 20.7 Å². The van der Waals surface area contributed by atoms with Gasteiger partial charge >= 0.3 is 6.09 Å². The molecule has 0 aromatic heterocycles. The molecule has 1 aliphatic carbocycles. The standard InChI is InChI=1S/C26H41N3O4/c1-9-18-10-12-19(13-11-18)22(23(30)27-17(4)5)29(20-14-15-20)24(31)21(16(2)3)28-25(32)33-26(6,7)8/h10-13,16-17,20-22H,9,14-15H2,1-8H3,(H,27,30)(H,28,32). The Balaban J connectivity index is 2.42. The molecule has 0 aliphatic heterocycles. The molecule has 2 unspecified atom stereocenters. The van der Waals surface area contributed by atoms with E-state index in [-0.39, 0.29) is 29.8 Å². The zero-order valence-electron chi connectivity index (χ0n) is 21.4. The van der Waals surface area contributed by atoms with Gasteiger partial charge < -0.3 is 20.3 Å². The molecule has 3 amide bonds. The SMILES string of the molecule is CCc1ccc(C(C(=O)NC(C)C)N(C(=O)C(NC(=O)OC(C)(C)C)C(C)C)C2CC2)cc1. The second-order valence-electron chi connectivity index (χ2n) is 10.5. The maximum atomic E-state index is 13.9. The zero-order valence-corrected chi connectivity index (χ0v) is 21.4. The minimum Gasteiger partial charge on any atom is -0.444 e. The minimum atomic E-state index is -0.801. The minimum absolute atomic E-state index is 0.0343. The molecule has 0 saturated heterocycles. The number of amides is 3.